The first-order valence-corrected chi connectivity index (χ1v) is 10.9. The lowest BCUT2D eigenvalue weighted by Gasteiger charge is -2.16. The molecule has 1 aliphatic heterocycles. The van der Waals surface area contributed by atoms with E-state index in [9.17, 15) is 45.3 Å². The lowest BCUT2D eigenvalue weighted by molar-refractivity contribution is -0.160. The van der Waals surface area contributed by atoms with Crippen molar-refractivity contribution in [2.24, 2.45) is 0 Å². The Bertz CT molecular complexity index is 1400. The molecular formula is C26H22O11. The van der Waals surface area contributed by atoms with Crippen molar-refractivity contribution in [2.45, 2.75) is 24.7 Å². The minimum Gasteiger partial charge on any atom is -0.504 e. The van der Waals surface area contributed by atoms with Gasteiger partial charge < -0.3 is 45.2 Å². The number of ether oxygens (including phenoxy) is 2. The molecule has 11 heteroatoms. The van der Waals surface area contributed by atoms with Crippen LogP contribution in [0.25, 0.3) is 6.08 Å². The number of aliphatic carboxylic acids is 1. The van der Waals surface area contributed by atoms with E-state index < -0.39 is 41.7 Å². The van der Waals surface area contributed by atoms with Crippen molar-refractivity contribution in [1.82, 2.24) is 0 Å². The van der Waals surface area contributed by atoms with E-state index >= 15 is 0 Å². The van der Waals surface area contributed by atoms with E-state index in [1.807, 2.05) is 0 Å². The Morgan fingerprint density at radius 1 is 0.892 bits per heavy atom. The normalized spacial score (nSPS) is 17.2. The van der Waals surface area contributed by atoms with E-state index in [1.54, 1.807) is 0 Å². The first-order valence-electron chi connectivity index (χ1n) is 10.9. The predicted octanol–water partition coefficient (Wildman–Crippen LogP) is 2.31. The maximum Gasteiger partial charge on any atom is 0.345 e. The van der Waals surface area contributed by atoms with Crippen molar-refractivity contribution >= 4 is 18.0 Å². The largest absolute Gasteiger partial charge is 0.504 e. The zero-order valence-corrected chi connectivity index (χ0v) is 19.0. The van der Waals surface area contributed by atoms with Gasteiger partial charge in [0.25, 0.3) is 0 Å². The van der Waals surface area contributed by atoms with Gasteiger partial charge in [0, 0.05) is 18.1 Å². The molecule has 3 aromatic carbocycles. The average molecular weight is 510 g/mol. The first-order chi connectivity index (χ1) is 17.5. The summed E-state index contributed by atoms with van der Waals surface area (Å²) in [5, 5.41) is 68.7. The van der Waals surface area contributed by atoms with E-state index in [-0.39, 0.29) is 35.0 Å². The number of esters is 1. The number of phenolic OH excluding ortho intramolecular Hbond substituents is 5. The van der Waals surface area contributed by atoms with Crippen LogP contribution in [0.1, 0.15) is 28.2 Å². The first kappa shape index (κ1) is 25.2. The van der Waals surface area contributed by atoms with Gasteiger partial charge in [-0.1, -0.05) is 18.2 Å². The molecule has 0 amide bonds. The zero-order valence-electron chi connectivity index (χ0n) is 19.0. The van der Waals surface area contributed by atoms with E-state index in [0.717, 1.165) is 12.1 Å². The van der Waals surface area contributed by atoms with Crippen molar-refractivity contribution in [1.29, 1.82) is 0 Å². The highest BCUT2D eigenvalue weighted by atomic mass is 16.6. The summed E-state index contributed by atoms with van der Waals surface area (Å²) in [5.41, 5.74) is 1.28. The zero-order chi connectivity index (χ0) is 26.9. The van der Waals surface area contributed by atoms with Gasteiger partial charge >= 0.3 is 11.9 Å². The number of carbonyl (C=O) groups is 2. The maximum atomic E-state index is 12.5. The number of aliphatic hydroxyl groups is 1. The Kier molecular flexibility index (Phi) is 6.81. The number of carbonyl (C=O) groups excluding carboxylic acids is 1. The summed E-state index contributed by atoms with van der Waals surface area (Å²) in [6, 6.07) is 10.3. The van der Waals surface area contributed by atoms with Gasteiger partial charge in [-0.3, -0.25) is 0 Å². The molecule has 3 atom stereocenters. The van der Waals surface area contributed by atoms with Crippen molar-refractivity contribution in [3.63, 3.8) is 0 Å². The Balaban J connectivity index is 1.58. The standard InChI is InChI=1S/C26H22O11/c27-15-5-1-12(9-18(15)30)10-20(25(33)34)36-21(32)8-4-13-2-7-17(29)24-22(13)23(26(35)37-24)14-3-6-16(28)19(31)11-14/h1-9,11,20,23,26-31,35H,10H2,(H,33,34). The number of hydrogen-bond acceptors (Lipinski definition) is 10. The molecule has 0 aromatic heterocycles. The molecule has 3 aromatic rings. The topological polar surface area (TPSA) is 194 Å². The molecule has 37 heavy (non-hydrogen) atoms. The Morgan fingerprint density at radius 2 is 1.54 bits per heavy atom. The van der Waals surface area contributed by atoms with Crippen LogP contribution < -0.4 is 4.74 Å². The number of rotatable bonds is 7. The van der Waals surface area contributed by atoms with Gasteiger partial charge in [0.2, 0.25) is 12.4 Å². The van der Waals surface area contributed by atoms with Crippen LogP contribution in [-0.4, -0.2) is 60.1 Å². The number of phenols is 5. The van der Waals surface area contributed by atoms with E-state index in [1.165, 1.54) is 48.5 Å². The molecule has 7 N–H and O–H groups in total. The molecule has 0 saturated carbocycles. The average Bonchev–Trinajstić information content (AvgIpc) is 3.20. The number of carboxylic acids is 1. The molecule has 1 heterocycles. The van der Waals surface area contributed by atoms with Crippen LogP contribution in [0, 0.1) is 0 Å². The molecule has 0 spiro atoms. The van der Waals surface area contributed by atoms with Crippen molar-refractivity contribution in [3.8, 4) is 34.5 Å². The van der Waals surface area contributed by atoms with Crippen LogP contribution in [0.5, 0.6) is 34.5 Å². The summed E-state index contributed by atoms with van der Waals surface area (Å²) >= 11 is 0. The molecule has 0 bridgehead atoms. The fraction of sp³-hybridized carbons (Fsp3) is 0.154. The van der Waals surface area contributed by atoms with Crippen molar-refractivity contribution in [2.75, 3.05) is 0 Å². The summed E-state index contributed by atoms with van der Waals surface area (Å²) in [6.07, 6.45) is -1.06. The predicted molar refractivity (Wildman–Crippen MR) is 126 cm³/mol. The van der Waals surface area contributed by atoms with Gasteiger partial charge in [-0.25, -0.2) is 9.59 Å². The molecule has 3 unspecified atom stereocenters. The van der Waals surface area contributed by atoms with Crippen LogP contribution in [0.4, 0.5) is 0 Å². The third-order valence-electron chi connectivity index (χ3n) is 5.80. The Hall–Kier alpha value is -4.90. The van der Waals surface area contributed by atoms with E-state index in [4.69, 9.17) is 9.47 Å². The molecule has 0 fully saturated rings. The van der Waals surface area contributed by atoms with Crippen LogP contribution in [-0.2, 0) is 20.7 Å². The van der Waals surface area contributed by atoms with Gasteiger partial charge in [0.1, 0.15) is 0 Å². The number of benzene rings is 3. The lowest BCUT2D eigenvalue weighted by atomic mass is 9.88. The highest BCUT2D eigenvalue weighted by Gasteiger charge is 2.38. The monoisotopic (exact) mass is 510 g/mol. The van der Waals surface area contributed by atoms with Gasteiger partial charge in [-0.05, 0) is 53.1 Å². The summed E-state index contributed by atoms with van der Waals surface area (Å²) < 4.78 is 10.5. The molecule has 0 saturated heterocycles. The third kappa shape index (κ3) is 5.21. The van der Waals surface area contributed by atoms with Crippen LogP contribution in [0.15, 0.2) is 54.6 Å². The minimum absolute atomic E-state index is 0.0452. The lowest BCUT2D eigenvalue weighted by Crippen LogP contribution is -2.28. The highest BCUT2D eigenvalue weighted by Crippen LogP contribution is 2.49. The minimum atomic E-state index is -1.59. The van der Waals surface area contributed by atoms with Crippen molar-refractivity contribution in [3.05, 3.63) is 76.9 Å². The summed E-state index contributed by atoms with van der Waals surface area (Å²) in [6.45, 7) is 0. The molecule has 1 aliphatic rings. The second kappa shape index (κ2) is 9.99. The number of hydrogen-bond donors (Lipinski definition) is 7. The molecule has 4 rings (SSSR count). The SMILES string of the molecule is O=C(C=Cc1ccc(O)c2c1C(c1ccc(O)c(O)c1)C(O)O2)OC(Cc1ccc(O)c(O)c1)C(=O)O. The van der Waals surface area contributed by atoms with Gasteiger partial charge in [-0.15, -0.1) is 0 Å². The quantitative estimate of drug-likeness (QED) is 0.140. The second-order valence-electron chi connectivity index (χ2n) is 8.28. The smallest absolute Gasteiger partial charge is 0.345 e. The second-order valence-corrected chi connectivity index (χ2v) is 8.28. The number of fused-ring (bicyclic) bond motifs is 1. The fourth-order valence-corrected chi connectivity index (χ4v) is 4.02. The number of aromatic hydroxyl groups is 5. The molecule has 0 radical (unpaired) electrons. The molecular weight excluding hydrogens is 488 g/mol. The van der Waals surface area contributed by atoms with Crippen LogP contribution >= 0.6 is 0 Å². The van der Waals surface area contributed by atoms with Crippen LogP contribution in [0.3, 0.4) is 0 Å². The Labute approximate surface area is 209 Å². The maximum absolute atomic E-state index is 12.5. The van der Waals surface area contributed by atoms with Gasteiger partial charge in [-0.2, -0.15) is 0 Å². The number of aliphatic hydroxyl groups excluding tert-OH is 1. The molecule has 192 valence electrons. The summed E-state index contributed by atoms with van der Waals surface area (Å²) in [7, 11) is 0. The van der Waals surface area contributed by atoms with E-state index in [2.05, 4.69) is 0 Å². The number of carboxylic acid groups (broad SMARTS) is 1. The van der Waals surface area contributed by atoms with Gasteiger partial charge in [0.05, 0.1) is 5.92 Å². The van der Waals surface area contributed by atoms with Gasteiger partial charge in [0.15, 0.2) is 34.5 Å². The third-order valence-corrected chi connectivity index (χ3v) is 5.80. The molecule has 0 aliphatic carbocycles. The molecule has 11 nitrogen and oxygen atoms in total. The fourth-order valence-electron chi connectivity index (χ4n) is 4.02. The van der Waals surface area contributed by atoms with Crippen molar-refractivity contribution < 1.29 is 54.8 Å². The summed E-state index contributed by atoms with van der Waals surface area (Å²) in [4.78, 5) is 24.1. The van der Waals surface area contributed by atoms with E-state index in [0.29, 0.717) is 16.7 Å². The van der Waals surface area contributed by atoms with Crippen LogP contribution in [0.2, 0.25) is 0 Å². The Morgan fingerprint density at radius 3 is 2.19 bits per heavy atom. The highest BCUT2D eigenvalue weighted by molar-refractivity contribution is 5.90. The summed E-state index contributed by atoms with van der Waals surface area (Å²) in [5.74, 6) is -5.29.